The van der Waals surface area contributed by atoms with Crippen LogP contribution >= 0.6 is 0 Å². The monoisotopic (exact) mass is 263 g/mol. The fraction of sp³-hybridized carbons (Fsp3) is 0.533. The van der Waals surface area contributed by atoms with E-state index in [2.05, 4.69) is 34.2 Å². The number of hydrogen-bond acceptors (Lipinski definition) is 3. The molecule has 1 N–H and O–H groups in total. The molecular formula is C15H25N3O. The van der Waals surface area contributed by atoms with Crippen LogP contribution in [0.2, 0.25) is 0 Å². The van der Waals surface area contributed by atoms with Crippen molar-refractivity contribution in [1.29, 1.82) is 0 Å². The van der Waals surface area contributed by atoms with E-state index in [4.69, 9.17) is 0 Å². The van der Waals surface area contributed by atoms with E-state index in [1.807, 2.05) is 32.3 Å². The number of carbonyl (C=O) groups is 1. The Hall–Kier alpha value is -1.39. The fourth-order valence-corrected chi connectivity index (χ4v) is 1.80. The molecule has 0 heterocycles. The summed E-state index contributed by atoms with van der Waals surface area (Å²) in [6.45, 7) is 5.80. The normalized spacial score (nSPS) is 11.0. The molecule has 4 nitrogen and oxygen atoms in total. The second-order valence-electron chi connectivity index (χ2n) is 4.94. The summed E-state index contributed by atoms with van der Waals surface area (Å²) in [5.74, 6) is 0.0969. The maximum atomic E-state index is 11.8. The lowest BCUT2D eigenvalue weighted by atomic mass is 10.2. The third-order valence-corrected chi connectivity index (χ3v) is 2.94. The maximum absolute atomic E-state index is 11.8. The number of likely N-dealkylation sites (N-methyl/N-ethyl adjacent to an activating group) is 2. The molecule has 0 unspecified atom stereocenters. The number of amides is 1. The molecule has 0 aliphatic heterocycles. The van der Waals surface area contributed by atoms with Gasteiger partial charge in [0.25, 0.3) is 0 Å². The largest absolute Gasteiger partial charge is 0.354 e. The summed E-state index contributed by atoms with van der Waals surface area (Å²) < 4.78 is 0. The van der Waals surface area contributed by atoms with Gasteiger partial charge in [-0.15, -0.1) is 0 Å². The molecule has 1 amide bonds. The van der Waals surface area contributed by atoms with E-state index in [0.29, 0.717) is 13.1 Å². The molecule has 106 valence electrons. The van der Waals surface area contributed by atoms with Gasteiger partial charge in [-0.25, -0.2) is 0 Å². The summed E-state index contributed by atoms with van der Waals surface area (Å²) in [6.07, 6.45) is 0. The van der Waals surface area contributed by atoms with Crippen LogP contribution in [0.5, 0.6) is 0 Å². The third kappa shape index (κ3) is 6.94. The van der Waals surface area contributed by atoms with Crippen LogP contribution in [0, 0.1) is 0 Å². The zero-order valence-corrected chi connectivity index (χ0v) is 12.2. The summed E-state index contributed by atoms with van der Waals surface area (Å²) in [5, 5.41) is 2.94. The molecule has 0 aromatic heterocycles. The fourth-order valence-electron chi connectivity index (χ4n) is 1.80. The second kappa shape index (κ2) is 8.67. The molecule has 4 heteroatoms. The summed E-state index contributed by atoms with van der Waals surface area (Å²) in [5.41, 5.74) is 1.24. The number of nitrogens with zero attached hydrogens (tertiary/aromatic N) is 2. The van der Waals surface area contributed by atoms with Crippen molar-refractivity contribution in [3.05, 3.63) is 35.9 Å². The van der Waals surface area contributed by atoms with E-state index in [0.717, 1.165) is 19.6 Å². The number of hydrogen-bond donors (Lipinski definition) is 1. The van der Waals surface area contributed by atoms with Gasteiger partial charge in [-0.2, -0.15) is 0 Å². The van der Waals surface area contributed by atoms with Gasteiger partial charge < -0.3 is 10.2 Å². The highest BCUT2D eigenvalue weighted by molar-refractivity contribution is 5.77. The molecule has 1 rings (SSSR count). The predicted octanol–water partition coefficient (Wildman–Crippen LogP) is 1.19. The molecule has 0 spiro atoms. The van der Waals surface area contributed by atoms with Crippen molar-refractivity contribution in [3.63, 3.8) is 0 Å². The van der Waals surface area contributed by atoms with E-state index >= 15 is 0 Å². The summed E-state index contributed by atoms with van der Waals surface area (Å²) >= 11 is 0. The van der Waals surface area contributed by atoms with Gasteiger partial charge in [-0.05, 0) is 26.2 Å². The van der Waals surface area contributed by atoms with Gasteiger partial charge in [-0.3, -0.25) is 9.69 Å². The first-order valence-electron chi connectivity index (χ1n) is 6.79. The van der Waals surface area contributed by atoms with Crippen molar-refractivity contribution in [2.24, 2.45) is 0 Å². The minimum Gasteiger partial charge on any atom is -0.354 e. The van der Waals surface area contributed by atoms with E-state index in [1.165, 1.54) is 5.56 Å². The quantitative estimate of drug-likeness (QED) is 0.765. The van der Waals surface area contributed by atoms with Crippen molar-refractivity contribution in [1.82, 2.24) is 15.1 Å². The second-order valence-corrected chi connectivity index (χ2v) is 4.94. The van der Waals surface area contributed by atoms with Gasteiger partial charge in [0.15, 0.2) is 0 Å². The third-order valence-electron chi connectivity index (χ3n) is 2.94. The molecule has 1 aromatic rings. The van der Waals surface area contributed by atoms with E-state index in [9.17, 15) is 4.79 Å². The highest BCUT2D eigenvalue weighted by atomic mass is 16.2. The number of nitrogens with one attached hydrogen (secondary N) is 1. The Morgan fingerprint density at radius 3 is 2.47 bits per heavy atom. The van der Waals surface area contributed by atoms with Gasteiger partial charge in [0.05, 0.1) is 6.54 Å². The first kappa shape index (κ1) is 15.7. The van der Waals surface area contributed by atoms with Gasteiger partial charge in [0, 0.05) is 19.6 Å². The minimum atomic E-state index is 0.0969. The van der Waals surface area contributed by atoms with Crippen LogP contribution in [-0.4, -0.2) is 56.0 Å². The Bertz CT molecular complexity index is 365. The van der Waals surface area contributed by atoms with Crippen LogP contribution < -0.4 is 5.32 Å². The van der Waals surface area contributed by atoms with Crippen LogP contribution in [0.4, 0.5) is 0 Å². The number of rotatable bonds is 8. The zero-order valence-electron chi connectivity index (χ0n) is 12.2. The Kier molecular flexibility index (Phi) is 7.15. The Balaban J connectivity index is 2.33. The molecule has 0 atom stereocenters. The Morgan fingerprint density at radius 2 is 1.89 bits per heavy atom. The molecule has 19 heavy (non-hydrogen) atoms. The predicted molar refractivity (Wildman–Crippen MR) is 79.0 cm³/mol. The molecule has 0 saturated heterocycles. The molecule has 0 radical (unpaired) electrons. The van der Waals surface area contributed by atoms with Crippen molar-refractivity contribution >= 4 is 5.91 Å². The highest BCUT2D eigenvalue weighted by Crippen LogP contribution is 2.03. The SMILES string of the molecule is CCN(CC(=O)NCCN(C)C)Cc1ccccc1. The first-order valence-corrected chi connectivity index (χ1v) is 6.79. The molecule has 0 fully saturated rings. The van der Waals surface area contributed by atoms with Crippen LogP contribution in [0.25, 0.3) is 0 Å². The van der Waals surface area contributed by atoms with Crippen molar-refractivity contribution in [2.45, 2.75) is 13.5 Å². The van der Waals surface area contributed by atoms with E-state index in [-0.39, 0.29) is 5.91 Å². The van der Waals surface area contributed by atoms with E-state index < -0.39 is 0 Å². The van der Waals surface area contributed by atoms with Gasteiger partial charge in [0.2, 0.25) is 5.91 Å². The standard InChI is InChI=1S/C15H25N3O/c1-4-18(12-14-8-6-5-7-9-14)13-15(19)16-10-11-17(2)3/h5-9H,4,10-13H2,1-3H3,(H,16,19). The van der Waals surface area contributed by atoms with Crippen molar-refractivity contribution in [3.8, 4) is 0 Å². The Morgan fingerprint density at radius 1 is 1.21 bits per heavy atom. The average molecular weight is 263 g/mol. The lowest BCUT2D eigenvalue weighted by Gasteiger charge is -2.20. The smallest absolute Gasteiger partial charge is 0.234 e. The summed E-state index contributed by atoms with van der Waals surface area (Å²) in [6, 6.07) is 10.2. The summed E-state index contributed by atoms with van der Waals surface area (Å²) in [4.78, 5) is 16.0. The van der Waals surface area contributed by atoms with Crippen LogP contribution in [0.3, 0.4) is 0 Å². The molecular weight excluding hydrogens is 238 g/mol. The number of carbonyl (C=O) groups excluding carboxylic acids is 1. The first-order chi connectivity index (χ1) is 9.11. The minimum absolute atomic E-state index is 0.0969. The van der Waals surface area contributed by atoms with E-state index in [1.54, 1.807) is 0 Å². The maximum Gasteiger partial charge on any atom is 0.234 e. The topological polar surface area (TPSA) is 35.6 Å². The molecule has 0 bridgehead atoms. The average Bonchev–Trinajstić information content (AvgIpc) is 2.38. The molecule has 1 aromatic carbocycles. The molecule has 0 saturated carbocycles. The highest BCUT2D eigenvalue weighted by Gasteiger charge is 2.09. The lowest BCUT2D eigenvalue weighted by Crippen LogP contribution is -2.39. The Labute approximate surface area is 116 Å². The van der Waals surface area contributed by atoms with Crippen molar-refractivity contribution in [2.75, 3.05) is 40.3 Å². The summed E-state index contributed by atoms with van der Waals surface area (Å²) in [7, 11) is 4.00. The van der Waals surface area contributed by atoms with Gasteiger partial charge in [0.1, 0.15) is 0 Å². The van der Waals surface area contributed by atoms with Gasteiger partial charge in [-0.1, -0.05) is 37.3 Å². The zero-order chi connectivity index (χ0) is 14.1. The molecule has 0 aliphatic carbocycles. The van der Waals surface area contributed by atoms with Crippen LogP contribution in [-0.2, 0) is 11.3 Å². The van der Waals surface area contributed by atoms with Crippen molar-refractivity contribution < 1.29 is 4.79 Å². The number of benzene rings is 1. The lowest BCUT2D eigenvalue weighted by molar-refractivity contribution is -0.122. The van der Waals surface area contributed by atoms with Crippen LogP contribution in [0.15, 0.2) is 30.3 Å². The molecule has 0 aliphatic rings. The van der Waals surface area contributed by atoms with Crippen LogP contribution in [0.1, 0.15) is 12.5 Å². The van der Waals surface area contributed by atoms with Gasteiger partial charge >= 0.3 is 0 Å².